The Kier molecular flexibility index (Phi) is 3.70. The van der Waals surface area contributed by atoms with Crippen molar-refractivity contribution in [3.05, 3.63) is 35.1 Å². The summed E-state index contributed by atoms with van der Waals surface area (Å²) in [5, 5.41) is 0. The maximum Gasteiger partial charge on any atom is 0.126 e. The van der Waals surface area contributed by atoms with Crippen LogP contribution < -0.4 is 0 Å². The average molecular weight is 270 g/mol. The highest BCUT2D eigenvalue weighted by Gasteiger charge is 2.60. The SMILES string of the molecule is CCCN1CC2CC2(c2ccc(F)c(C)c2)C1.Cl. The second-order valence-electron chi connectivity index (χ2n) is 5.76. The lowest BCUT2D eigenvalue weighted by Gasteiger charge is -2.20. The highest BCUT2D eigenvalue weighted by atomic mass is 35.5. The van der Waals surface area contributed by atoms with Gasteiger partial charge >= 0.3 is 0 Å². The zero-order valence-electron chi connectivity index (χ0n) is 11.1. The van der Waals surface area contributed by atoms with Gasteiger partial charge in [0, 0.05) is 18.5 Å². The molecule has 1 heterocycles. The molecule has 0 aromatic heterocycles. The molecule has 1 saturated carbocycles. The summed E-state index contributed by atoms with van der Waals surface area (Å²) in [4.78, 5) is 2.56. The number of benzene rings is 1. The Balaban J connectivity index is 0.00000120. The molecule has 1 aliphatic carbocycles. The first kappa shape index (κ1) is 13.8. The van der Waals surface area contributed by atoms with Gasteiger partial charge in [-0.15, -0.1) is 12.4 Å². The van der Waals surface area contributed by atoms with Crippen LogP contribution in [0.2, 0.25) is 0 Å². The van der Waals surface area contributed by atoms with Crippen molar-refractivity contribution >= 4 is 12.4 Å². The van der Waals surface area contributed by atoms with Gasteiger partial charge in [0.1, 0.15) is 5.82 Å². The van der Waals surface area contributed by atoms with Gasteiger partial charge in [-0.1, -0.05) is 19.1 Å². The molecule has 0 spiro atoms. The summed E-state index contributed by atoms with van der Waals surface area (Å²) in [7, 11) is 0. The molecule has 1 saturated heterocycles. The van der Waals surface area contributed by atoms with Crippen molar-refractivity contribution in [2.45, 2.75) is 32.1 Å². The van der Waals surface area contributed by atoms with Crippen LogP contribution in [0.5, 0.6) is 0 Å². The van der Waals surface area contributed by atoms with Crippen LogP contribution in [0.15, 0.2) is 18.2 Å². The summed E-state index contributed by atoms with van der Waals surface area (Å²) in [6, 6.07) is 5.69. The summed E-state index contributed by atoms with van der Waals surface area (Å²) in [5.74, 6) is 0.740. The van der Waals surface area contributed by atoms with Crippen molar-refractivity contribution in [3.8, 4) is 0 Å². The first-order chi connectivity index (χ1) is 8.15. The number of aryl methyl sites for hydroxylation is 1. The molecule has 0 radical (unpaired) electrons. The standard InChI is InChI=1S/C15H20FN.ClH/c1-3-6-17-9-13-8-15(13,10-17)12-4-5-14(16)11(2)7-12;/h4-5,7,13H,3,6,8-10H2,1-2H3;1H. The maximum absolute atomic E-state index is 13.3. The number of piperidine rings is 1. The summed E-state index contributed by atoms with van der Waals surface area (Å²) in [5.41, 5.74) is 2.52. The van der Waals surface area contributed by atoms with Gasteiger partial charge < -0.3 is 4.90 Å². The number of halogens is 2. The maximum atomic E-state index is 13.3. The fraction of sp³-hybridized carbons (Fsp3) is 0.600. The van der Waals surface area contributed by atoms with Crippen LogP contribution in [0, 0.1) is 18.7 Å². The topological polar surface area (TPSA) is 3.24 Å². The van der Waals surface area contributed by atoms with E-state index in [9.17, 15) is 4.39 Å². The Morgan fingerprint density at radius 3 is 2.89 bits per heavy atom. The molecule has 2 atom stereocenters. The molecule has 2 unspecified atom stereocenters. The molecule has 18 heavy (non-hydrogen) atoms. The third-order valence-electron chi connectivity index (χ3n) is 4.49. The van der Waals surface area contributed by atoms with E-state index < -0.39 is 0 Å². The van der Waals surface area contributed by atoms with E-state index in [-0.39, 0.29) is 18.2 Å². The third-order valence-corrected chi connectivity index (χ3v) is 4.49. The lowest BCUT2D eigenvalue weighted by molar-refractivity contribution is 0.299. The van der Waals surface area contributed by atoms with Gasteiger partial charge in [-0.05, 0) is 49.4 Å². The Hall–Kier alpha value is -0.600. The van der Waals surface area contributed by atoms with Crippen molar-refractivity contribution in [2.24, 2.45) is 5.92 Å². The highest BCUT2D eigenvalue weighted by Crippen LogP contribution is 2.59. The predicted molar refractivity (Wildman–Crippen MR) is 74.9 cm³/mol. The Morgan fingerprint density at radius 2 is 2.22 bits per heavy atom. The van der Waals surface area contributed by atoms with Gasteiger partial charge in [-0.3, -0.25) is 0 Å². The van der Waals surface area contributed by atoms with Crippen LogP contribution in [0.1, 0.15) is 30.9 Å². The van der Waals surface area contributed by atoms with Crippen LogP contribution >= 0.6 is 12.4 Å². The summed E-state index contributed by atoms with van der Waals surface area (Å²) >= 11 is 0. The molecule has 0 N–H and O–H groups in total. The molecule has 3 heteroatoms. The first-order valence-electron chi connectivity index (χ1n) is 6.65. The van der Waals surface area contributed by atoms with E-state index in [1.165, 1.54) is 38.0 Å². The molecule has 0 amide bonds. The molecule has 3 rings (SSSR count). The average Bonchev–Trinajstić information content (AvgIpc) is 2.87. The van der Waals surface area contributed by atoms with E-state index in [4.69, 9.17) is 0 Å². The van der Waals surface area contributed by atoms with E-state index in [1.807, 2.05) is 13.0 Å². The largest absolute Gasteiger partial charge is 0.302 e. The lowest BCUT2D eigenvalue weighted by Crippen LogP contribution is -2.27. The van der Waals surface area contributed by atoms with E-state index >= 15 is 0 Å². The summed E-state index contributed by atoms with van der Waals surface area (Å²) in [6.45, 7) is 7.73. The predicted octanol–water partition coefficient (Wildman–Crippen LogP) is 3.54. The highest BCUT2D eigenvalue weighted by molar-refractivity contribution is 5.85. The number of nitrogens with zero attached hydrogens (tertiary/aromatic N) is 1. The minimum absolute atomic E-state index is 0. The van der Waals surface area contributed by atoms with E-state index in [0.717, 1.165) is 11.5 Å². The third kappa shape index (κ3) is 2.06. The molecular formula is C15H21ClFN. The number of hydrogen-bond acceptors (Lipinski definition) is 1. The van der Waals surface area contributed by atoms with Gasteiger partial charge in [0.05, 0.1) is 0 Å². The van der Waals surface area contributed by atoms with Crippen LogP contribution in [-0.2, 0) is 5.41 Å². The van der Waals surface area contributed by atoms with Gasteiger partial charge in [0.15, 0.2) is 0 Å². The molecule has 100 valence electrons. The van der Waals surface area contributed by atoms with E-state index in [0.29, 0.717) is 5.41 Å². The molecule has 1 aromatic carbocycles. The second kappa shape index (κ2) is 4.82. The van der Waals surface area contributed by atoms with Gasteiger partial charge in [0.25, 0.3) is 0 Å². The fourth-order valence-electron chi connectivity index (χ4n) is 3.47. The van der Waals surface area contributed by atoms with Crippen LogP contribution in [0.3, 0.4) is 0 Å². The summed E-state index contributed by atoms with van der Waals surface area (Å²) < 4.78 is 13.3. The number of likely N-dealkylation sites (tertiary alicyclic amines) is 1. The Morgan fingerprint density at radius 1 is 1.44 bits per heavy atom. The molecule has 2 fully saturated rings. The van der Waals surface area contributed by atoms with Gasteiger partial charge in [-0.25, -0.2) is 4.39 Å². The smallest absolute Gasteiger partial charge is 0.126 e. The molecule has 1 aliphatic heterocycles. The zero-order valence-corrected chi connectivity index (χ0v) is 11.9. The van der Waals surface area contributed by atoms with Crippen molar-refractivity contribution < 1.29 is 4.39 Å². The first-order valence-corrected chi connectivity index (χ1v) is 6.65. The van der Waals surface area contributed by atoms with E-state index in [2.05, 4.69) is 17.9 Å². The minimum Gasteiger partial charge on any atom is -0.302 e. The van der Waals surface area contributed by atoms with Gasteiger partial charge in [-0.2, -0.15) is 0 Å². The monoisotopic (exact) mass is 269 g/mol. The Labute approximate surface area is 115 Å². The number of rotatable bonds is 3. The minimum atomic E-state index is -0.0780. The van der Waals surface area contributed by atoms with Crippen molar-refractivity contribution in [1.82, 2.24) is 4.90 Å². The second-order valence-corrected chi connectivity index (χ2v) is 5.76. The lowest BCUT2D eigenvalue weighted by atomic mass is 9.93. The van der Waals surface area contributed by atoms with Crippen molar-refractivity contribution in [3.63, 3.8) is 0 Å². The molecule has 2 aliphatic rings. The molecular weight excluding hydrogens is 249 g/mol. The molecule has 0 bridgehead atoms. The van der Waals surface area contributed by atoms with Crippen LogP contribution in [0.25, 0.3) is 0 Å². The molecule has 1 aromatic rings. The van der Waals surface area contributed by atoms with E-state index in [1.54, 1.807) is 6.07 Å². The normalized spacial score (nSPS) is 29.8. The summed E-state index contributed by atoms with van der Waals surface area (Å²) in [6.07, 6.45) is 2.53. The van der Waals surface area contributed by atoms with Crippen molar-refractivity contribution in [1.29, 1.82) is 0 Å². The number of fused-ring (bicyclic) bond motifs is 1. The number of hydrogen-bond donors (Lipinski definition) is 0. The zero-order chi connectivity index (χ0) is 12.0. The van der Waals surface area contributed by atoms with Crippen LogP contribution in [0.4, 0.5) is 4.39 Å². The quantitative estimate of drug-likeness (QED) is 0.811. The van der Waals surface area contributed by atoms with Crippen molar-refractivity contribution in [2.75, 3.05) is 19.6 Å². The van der Waals surface area contributed by atoms with Gasteiger partial charge in [0.2, 0.25) is 0 Å². The molecule has 1 nitrogen and oxygen atoms in total. The fourth-order valence-corrected chi connectivity index (χ4v) is 3.47. The van der Waals surface area contributed by atoms with Crippen LogP contribution in [-0.4, -0.2) is 24.5 Å². The Bertz CT molecular complexity index is 448.